The van der Waals surface area contributed by atoms with Crippen LogP contribution in [-0.4, -0.2) is 71.5 Å². The summed E-state index contributed by atoms with van der Waals surface area (Å²) in [6, 6.07) is 6.80. The lowest BCUT2D eigenvalue weighted by molar-refractivity contribution is -0.137. The number of urea groups is 1. The summed E-state index contributed by atoms with van der Waals surface area (Å²) in [6.45, 7) is 0.647. The molecule has 4 amide bonds. The molecule has 0 radical (unpaired) electrons. The molecule has 0 saturated heterocycles. The van der Waals surface area contributed by atoms with Crippen LogP contribution in [0.15, 0.2) is 36.4 Å². The van der Waals surface area contributed by atoms with Crippen molar-refractivity contribution in [1.29, 1.82) is 0 Å². The molecule has 1 atom stereocenters. The zero-order valence-electron chi connectivity index (χ0n) is 16.1. The summed E-state index contributed by atoms with van der Waals surface area (Å²) in [4.78, 5) is 39.0. The number of carbonyl (C=O) groups is 3. The Morgan fingerprint density at radius 1 is 1.18 bits per heavy atom. The number of hydrogen-bond donors (Lipinski definition) is 3. The van der Waals surface area contributed by atoms with E-state index in [-0.39, 0.29) is 36.2 Å². The monoisotopic (exact) mass is 386 g/mol. The van der Waals surface area contributed by atoms with E-state index in [1.165, 1.54) is 17.1 Å². The summed E-state index contributed by atoms with van der Waals surface area (Å²) < 4.78 is 0. The van der Waals surface area contributed by atoms with Crippen molar-refractivity contribution < 1.29 is 19.5 Å². The third-order valence-corrected chi connectivity index (χ3v) is 5.23. The van der Waals surface area contributed by atoms with Crippen molar-refractivity contribution in [1.82, 2.24) is 20.4 Å². The fourth-order valence-corrected chi connectivity index (χ4v) is 3.20. The number of hydrogen-bond acceptors (Lipinski definition) is 5. The molecule has 0 bridgehead atoms. The molecule has 1 aromatic carbocycles. The molecule has 3 rings (SSSR count). The van der Waals surface area contributed by atoms with Crippen LogP contribution in [0.5, 0.6) is 5.75 Å². The fraction of sp³-hybridized carbons (Fsp3) is 0.450. The number of phenols is 1. The zero-order valence-corrected chi connectivity index (χ0v) is 16.1. The molecular formula is C20H26N4O4. The van der Waals surface area contributed by atoms with Crippen LogP contribution in [0.2, 0.25) is 0 Å². The van der Waals surface area contributed by atoms with E-state index in [9.17, 15) is 19.5 Å². The highest BCUT2D eigenvalue weighted by Crippen LogP contribution is 2.36. The lowest BCUT2D eigenvalue weighted by Crippen LogP contribution is -2.52. The summed E-state index contributed by atoms with van der Waals surface area (Å²) in [5.74, 6) is -0.442. The maximum absolute atomic E-state index is 12.4. The van der Waals surface area contributed by atoms with Crippen molar-refractivity contribution in [2.75, 3.05) is 27.2 Å². The maximum Gasteiger partial charge on any atom is 0.315 e. The van der Waals surface area contributed by atoms with Gasteiger partial charge in [0.05, 0.1) is 12.1 Å². The van der Waals surface area contributed by atoms with E-state index < -0.39 is 5.54 Å². The van der Waals surface area contributed by atoms with Crippen molar-refractivity contribution in [2.24, 2.45) is 0 Å². The van der Waals surface area contributed by atoms with Gasteiger partial charge in [-0.3, -0.25) is 14.5 Å². The number of phenolic OH excluding ortho intramolecular Hbond substituents is 1. The quantitative estimate of drug-likeness (QED) is 0.569. The number of benzene rings is 1. The van der Waals surface area contributed by atoms with Crippen LogP contribution in [0.25, 0.3) is 0 Å². The minimum absolute atomic E-state index is 0.0800. The van der Waals surface area contributed by atoms with E-state index in [2.05, 4.69) is 10.6 Å². The average molecular weight is 386 g/mol. The Hall–Kier alpha value is -2.87. The van der Waals surface area contributed by atoms with Crippen LogP contribution in [0.3, 0.4) is 0 Å². The zero-order chi connectivity index (χ0) is 20.3. The van der Waals surface area contributed by atoms with E-state index in [1.54, 1.807) is 12.1 Å². The molecule has 8 heteroatoms. The van der Waals surface area contributed by atoms with Crippen molar-refractivity contribution in [3.8, 4) is 5.75 Å². The van der Waals surface area contributed by atoms with Gasteiger partial charge in [-0.25, -0.2) is 4.79 Å². The van der Waals surface area contributed by atoms with E-state index in [4.69, 9.17) is 0 Å². The van der Waals surface area contributed by atoms with Gasteiger partial charge in [0, 0.05) is 24.7 Å². The normalized spacial score (nSPS) is 18.5. The second-order valence-corrected chi connectivity index (χ2v) is 7.70. The maximum atomic E-state index is 12.4. The van der Waals surface area contributed by atoms with Crippen LogP contribution in [0.1, 0.15) is 18.4 Å². The largest absolute Gasteiger partial charge is 0.508 e. The third kappa shape index (κ3) is 4.89. The molecule has 1 aromatic rings. The molecule has 8 nitrogen and oxygen atoms in total. The molecule has 0 unspecified atom stereocenters. The predicted molar refractivity (Wildman–Crippen MR) is 104 cm³/mol. The smallest absolute Gasteiger partial charge is 0.315 e. The molecule has 28 heavy (non-hydrogen) atoms. The number of imide groups is 1. The highest BCUT2D eigenvalue weighted by atomic mass is 16.3. The lowest BCUT2D eigenvalue weighted by Gasteiger charge is -2.27. The second-order valence-electron chi connectivity index (χ2n) is 7.70. The second kappa shape index (κ2) is 8.02. The van der Waals surface area contributed by atoms with E-state index in [1.807, 2.05) is 31.1 Å². The molecule has 1 fully saturated rings. The number of amides is 4. The Labute approximate surface area is 164 Å². The van der Waals surface area contributed by atoms with Crippen LogP contribution in [0, 0.1) is 0 Å². The van der Waals surface area contributed by atoms with Gasteiger partial charge in [-0.1, -0.05) is 12.1 Å². The van der Waals surface area contributed by atoms with Crippen molar-refractivity contribution >= 4 is 17.8 Å². The summed E-state index contributed by atoms with van der Waals surface area (Å²) in [5, 5.41) is 15.2. The number of aromatic hydroxyl groups is 1. The first-order valence-electron chi connectivity index (χ1n) is 9.32. The Kier molecular flexibility index (Phi) is 5.69. The highest BCUT2D eigenvalue weighted by molar-refractivity contribution is 6.13. The first-order valence-corrected chi connectivity index (χ1v) is 9.32. The van der Waals surface area contributed by atoms with Gasteiger partial charge in [0.15, 0.2) is 0 Å². The fourth-order valence-electron chi connectivity index (χ4n) is 3.20. The molecule has 1 aliphatic carbocycles. The summed E-state index contributed by atoms with van der Waals surface area (Å²) in [7, 11) is 3.90. The van der Waals surface area contributed by atoms with Crippen LogP contribution in [-0.2, 0) is 16.0 Å². The van der Waals surface area contributed by atoms with Crippen molar-refractivity contribution in [3.05, 3.63) is 42.0 Å². The first kappa shape index (κ1) is 19.9. The van der Waals surface area contributed by atoms with Gasteiger partial charge in [0.2, 0.25) is 0 Å². The molecule has 0 aromatic heterocycles. The first-order chi connectivity index (χ1) is 13.3. The molecule has 1 aliphatic heterocycles. The molecule has 0 spiro atoms. The lowest BCUT2D eigenvalue weighted by atomic mass is 10.0. The molecule has 150 valence electrons. The molecule has 1 saturated carbocycles. The van der Waals surface area contributed by atoms with Gasteiger partial charge in [0.25, 0.3) is 11.8 Å². The van der Waals surface area contributed by atoms with Gasteiger partial charge < -0.3 is 20.6 Å². The Morgan fingerprint density at radius 3 is 2.32 bits per heavy atom. The van der Waals surface area contributed by atoms with Gasteiger partial charge >= 0.3 is 6.03 Å². The number of rotatable bonds is 8. The average Bonchev–Trinajstić information content (AvgIpc) is 3.34. The number of likely N-dealkylation sites (N-methyl/N-ethyl adjacent to an activating group) is 1. The minimum Gasteiger partial charge on any atom is -0.508 e. The van der Waals surface area contributed by atoms with Gasteiger partial charge in [0.1, 0.15) is 5.75 Å². The predicted octanol–water partition coefficient (Wildman–Crippen LogP) is 0.622. The molecular weight excluding hydrogens is 360 g/mol. The van der Waals surface area contributed by atoms with Crippen LogP contribution in [0.4, 0.5) is 4.79 Å². The van der Waals surface area contributed by atoms with Crippen molar-refractivity contribution in [3.63, 3.8) is 0 Å². The van der Waals surface area contributed by atoms with Gasteiger partial charge in [-0.15, -0.1) is 0 Å². The Balaban J connectivity index is 1.50. The van der Waals surface area contributed by atoms with E-state index >= 15 is 0 Å². The standard InChI is InChI=1S/C20H26N4O4/c1-23(2)15(11-14-3-5-16(25)6-4-14)12-21-19(28)22-20(9-10-20)13-24-17(26)7-8-18(24)27/h3-8,15,25H,9-13H2,1-2H3,(H2,21,22,28)/t15-/m0/s1. The molecule has 1 heterocycles. The Bertz CT molecular complexity index is 766. The SMILES string of the molecule is CN(C)[C@H](CNC(=O)NC1(CN2C(=O)C=CC2=O)CC1)Cc1ccc(O)cc1. The summed E-state index contributed by atoms with van der Waals surface area (Å²) in [5.41, 5.74) is 0.544. The topological polar surface area (TPSA) is 102 Å². The van der Waals surface area contributed by atoms with E-state index in [0.717, 1.165) is 24.8 Å². The van der Waals surface area contributed by atoms with Crippen molar-refractivity contribution in [2.45, 2.75) is 30.8 Å². The molecule has 3 N–H and O–H groups in total. The van der Waals surface area contributed by atoms with E-state index in [0.29, 0.717) is 6.54 Å². The summed E-state index contributed by atoms with van der Waals surface area (Å²) >= 11 is 0. The Morgan fingerprint density at radius 2 is 1.79 bits per heavy atom. The highest BCUT2D eigenvalue weighted by Gasteiger charge is 2.47. The third-order valence-electron chi connectivity index (χ3n) is 5.23. The number of carbonyl (C=O) groups excluding carboxylic acids is 3. The van der Waals surface area contributed by atoms with Crippen LogP contribution >= 0.6 is 0 Å². The van der Waals surface area contributed by atoms with Gasteiger partial charge in [-0.05, 0) is 51.1 Å². The summed E-state index contributed by atoms with van der Waals surface area (Å²) in [6.07, 6.45) is 4.71. The van der Waals surface area contributed by atoms with Gasteiger partial charge in [-0.2, -0.15) is 0 Å². The minimum atomic E-state index is -0.522. The van der Waals surface area contributed by atoms with Crippen LogP contribution < -0.4 is 10.6 Å². The molecule has 2 aliphatic rings. The number of nitrogens with one attached hydrogen (secondary N) is 2. The number of nitrogens with zero attached hydrogens (tertiary/aromatic N) is 2.